The van der Waals surface area contributed by atoms with Crippen LogP contribution >= 0.6 is 0 Å². The molecule has 63 heavy (non-hydrogen) atoms. The van der Waals surface area contributed by atoms with Crippen molar-refractivity contribution in [2.24, 2.45) is 53.3 Å². The molecule has 0 spiro atoms. The Hall–Kier alpha value is -4.32. The molecule has 0 atom stereocenters. The van der Waals surface area contributed by atoms with E-state index in [4.69, 9.17) is 31.4 Å². The lowest BCUT2D eigenvalue weighted by atomic mass is 9.44. The average Bonchev–Trinajstić information content (AvgIpc) is 3.20. The second-order valence-electron chi connectivity index (χ2n) is 24.1. The summed E-state index contributed by atoms with van der Waals surface area (Å²) < 4.78 is 23.9. The maximum absolute atomic E-state index is 7.98. The standard InChI is InChI=1S/C57H69N3O3/c1-31-4-7-43(58)19-46(31)61-52-49(55-22-34-10-35(23-55)12-36(11-34)24-55)53(62-47-20-44(59)8-5-32(47)2)51(57-28-40-16-41(29-57)18-42(17-40)30-57)54(63-48-21-45(60)9-6-33(48)3)50(52)56-25-37-13-38(26-56)15-39(14-37)27-56/h4-9,19-21,34-42H,10-18,22-30,58-60H2,1-3H3. The number of rotatable bonds is 9. The third-order valence-corrected chi connectivity index (χ3v) is 19.3. The van der Waals surface area contributed by atoms with Gasteiger partial charge in [0.05, 0.1) is 0 Å². The van der Waals surface area contributed by atoms with Gasteiger partial charge in [-0.2, -0.15) is 0 Å². The van der Waals surface area contributed by atoms with Gasteiger partial charge in [0.15, 0.2) is 0 Å². The van der Waals surface area contributed by atoms with Crippen molar-refractivity contribution in [3.8, 4) is 34.5 Å². The molecule has 12 bridgehead atoms. The molecule has 0 amide bonds. The van der Waals surface area contributed by atoms with Crippen molar-refractivity contribution < 1.29 is 14.2 Å². The van der Waals surface area contributed by atoms with E-state index in [9.17, 15) is 0 Å². The molecule has 16 rings (SSSR count). The quantitative estimate of drug-likeness (QED) is 0.145. The normalized spacial score (nSPS) is 37.5. The molecule has 0 unspecified atom stereocenters. The summed E-state index contributed by atoms with van der Waals surface area (Å²) in [6.07, 6.45) is 23.1. The summed E-state index contributed by atoms with van der Waals surface area (Å²) in [5.41, 5.74) is 29.6. The van der Waals surface area contributed by atoms with E-state index in [0.29, 0.717) is 0 Å². The molecule has 0 aromatic heterocycles. The van der Waals surface area contributed by atoms with Crippen LogP contribution in [0, 0.1) is 74.0 Å². The number of aryl methyl sites for hydroxylation is 3. The lowest BCUT2D eigenvalue weighted by Crippen LogP contribution is -2.52. The van der Waals surface area contributed by atoms with Crippen LogP contribution in [-0.2, 0) is 16.2 Å². The van der Waals surface area contributed by atoms with Crippen LogP contribution in [0.15, 0.2) is 54.6 Å². The monoisotopic (exact) mass is 844 g/mol. The Bertz CT molecular complexity index is 2130. The van der Waals surface area contributed by atoms with E-state index in [1.165, 1.54) is 132 Å². The number of hydrogen-bond donors (Lipinski definition) is 3. The molecule has 6 N–H and O–H groups in total. The molecular weight excluding hydrogens is 775 g/mol. The Kier molecular flexibility index (Phi) is 8.59. The smallest absolute Gasteiger partial charge is 0.142 e. The van der Waals surface area contributed by atoms with Crippen molar-refractivity contribution in [2.75, 3.05) is 17.2 Å². The first-order valence-electron chi connectivity index (χ1n) is 25.3. The van der Waals surface area contributed by atoms with E-state index in [2.05, 4.69) is 57.2 Å². The highest BCUT2D eigenvalue weighted by Crippen LogP contribution is 2.73. The number of anilines is 3. The molecule has 6 heteroatoms. The molecule has 4 aromatic carbocycles. The van der Waals surface area contributed by atoms with Crippen LogP contribution in [0.25, 0.3) is 0 Å². The first-order valence-corrected chi connectivity index (χ1v) is 25.3. The van der Waals surface area contributed by atoms with Crippen LogP contribution in [-0.4, -0.2) is 0 Å². The van der Waals surface area contributed by atoms with Crippen LogP contribution in [0.3, 0.4) is 0 Å². The summed E-state index contributed by atoms with van der Waals surface area (Å²) in [7, 11) is 0. The van der Waals surface area contributed by atoms with Gasteiger partial charge in [-0.3, -0.25) is 0 Å². The van der Waals surface area contributed by atoms with Crippen molar-refractivity contribution in [2.45, 2.75) is 153 Å². The number of nitrogen functional groups attached to an aromatic ring is 3. The minimum absolute atomic E-state index is 0.0679. The minimum Gasteiger partial charge on any atom is -0.456 e. The second kappa shape index (κ2) is 13.8. The van der Waals surface area contributed by atoms with Crippen molar-refractivity contribution >= 4 is 17.1 Å². The van der Waals surface area contributed by atoms with Crippen LogP contribution in [0.5, 0.6) is 34.5 Å². The first kappa shape index (κ1) is 39.1. The van der Waals surface area contributed by atoms with E-state index in [-0.39, 0.29) is 16.2 Å². The van der Waals surface area contributed by atoms with Gasteiger partial charge in [0.1, 0.15) is 34.5 Å². The van der Waals surface area contributed by atoms with E-state index in [0.717, 1.165) is 122 Å². The Morgan fingerprint density at radius 2 is 0.556 bits per heavy atom. The van der Waals surface area contributed by atoms with E-state index >= 15 is 0 Å². The Labute approximate surface area is 375 Å². The molecule has 12 saturated carbocycles. The van der Waals surface area contributed by atoms with Gasteiger partial charge in [-0.05, 0) is 224 Å². The molecule has 4 aromatic rings. The molecule has 0 aliphatic heterocycles. The lowest BCUT2D eigenvalue weighted by Gasteiger charge is -2.61. The summed E-state index contributed by atoms with van der Waals surface area (Å²) in [6, 6.07) is 18.7. The molecule has 0 radical (unpaired) electrons. The highest BCUT2D eigenvalue weighted by atomic mass is 16.5. The highest BCUT2D eigenvalue weighted by molar-refractivity contribution is 5.73. The van der Waals surface area contributed by atoms with Gasteiger partial charge in [-0.25, -0.2) is 0 Å². The predicted molar refractivity (Wildman–Crippen MR) is 253 cm³/mol. The zero-order valence-corrected chi connectivity index (χ0v) is 38.1. The van der Waals surface area contributed by atoms with Gasteiger partial charge in [0.25, 0.3) is 0 Å². The van der Waals surface area contributed by atoms with E-state index in [1.54, 1.807) is 0 Å². The summed E-state index contributed by atoms with van der Waals surface area (Å²) in [4.78, 5) is 0. The minimum atomic E-state index is -0.0679. The van der Waals surface area contributed by atoms with Gasteiger partial charge in [-0.1, -0.05) is 18.2 Å². The molecule has 12 fully saturated rings. The lowest BCUT2D eigenvalue weighted by molar-refractivity contribution is -0.0152. The zero-order chi connectivity index (χ0) is 42.6. The van der Waals surface area contributed by atoms with Crippen LogP contribution in [0.4, 0.5) is 17.1 Å². The average molecular weight is 844 g/mol. The SMILES string of the molecule is Cc1ccc(N)cc1Oc1c(C23CC4CC(CC(C4)C2)C3)c(Oc2cc(N)ccc2C)c(C23CC4CC(CC(C4)C2)C3)c(Oc2cc(N)ccc2C)c1C12CC3CC(CC(C3)C1)C2. The highest BCUT2D eigenvalue weighted by Gasteiger charge is 2.62. The molecule has 330 valence electrons. The molecule has 0 heterocycles. The number of benzene rings is 4. The van der Waals surface area contributed by atoms with Crippen molar-refractivity contribution in [1.29, 1.82) is 0 Å². The summed E-state index contributed by atoms with van der Waals surface area (Å²) in [6.45, 7) is 6.57. The van der Waals surface area contributed by atoms with Crippen LogP contribution in [0.1, 0.15) is 149 Å². The molecule has 6 nitrogen and oxygen atoms in total. The molecule has 12 aliphatic carbocycles. The fourth-order valence-corrected chi connectivity index (χ4v) is 18.2. The maximum atomic E-state index is 7.98. The van der Waals surface area contributed by atoms with Gasteiger partial charge in [0.2, 0.25) is 0 Å². The van der Waals surface area contributed by atoms with Gasteiger partial charge in [0, 0.05) is 68.2 Å². The third kappa shape index (κ3) is 6.21. The molecule has 12 aliphatic rings. The molecule has 0 saturated heterocycles. The Morgan fingerprint density at radius 3 is 0.762 bits per heavy atom. The Balaban J connectivity index is 1.20. The predicted octanol–water partition coefficient (Wildman–Crippen LogP) is 14.1. The van der Waals surface area contributed by atoms with Crippen LogP contribution < -0.4 is 31.4 Å². The number of hydrogen-bond acceptors (Lipinski definition) is 6. The summed E-state index contributed by atoms with van der Waals surface area (Å²) in [5, 5.41) is 0. The maximum Gasteiger partial charge on any atom is 0.142 e. The van der Waals surface area contributed by atoms with Gasteiger partial charge >= 0.3 is 0 Å². The van der Waals surface area contributed by atoms with Crippen molar-refractivity contribution in [1.82, 2.24) is 0 Å². The second-order valence-corrected chi connectivity index (χ2v) is 24.1. The van der Waals surface area contributed by atoms with Crippen LogP contribution in [0.2, 0.25) is 0 Å². The van der Waals surface area contributed by atoms with E-state index < -0.39 is 0 Å². The van der Waals surface area contributed by atoms with Gasteiger partial charge in [-0.15, -0.1) is 0 Å². The van der Waals surface area contributed by atoms with Crippen molar-refractivity contribution in [3.05, 3.63) is 88.0 Å². The van der Waals surface area contributed by atoms with Crippen molar-refractivity contribution in [3.63, 3.8) is 0 Å². The topological polar surface area (TPSA) is 106 Å². The summed E-state index contributed by atoms with van der Waals surface area (Å²) >= 11 is 0. The fourth-order valence-electron chi connectivity index (χ4n) is 18.2. The first-order chi connectivity index (χ1) is 30.4. The number of ether oxygens (including phenoxy) is 3. The summed E-state index contributed by atoms with van der Waals surface area (Å²) in [5.74, 6) is 12.3. The van der Waals surface area contributed by atoms with E-state index in [1.807, 2.05) is 18.2 Å². The third-order valence-electron chi connectivity index (χ3n) is 19.3. The zero-order valence-electron chi connectivity index (χ0n) is 38.1. The fraction of sp³-hybridized carbons (Fsp3) is 0.579. The molecular formula is C57H69N3O3. The van der Waals surface area contributed by atoms with Gasteiger partial charge < -0.3 is 31.4 Å². The number of nitrogens with two attached hydrogens (primary N) is 3. The largest absolute Gasteiger partial charge is 0.456 e. The Morgan fingerprint density at radius 1 is 0.349 bits per heavy atom.